The number of fused-ring (bicyclic) bond motifs is 1. The summed E-state index contributed by atoms with van der Waals surface area (Å²) >= 11 is 13.8. The van der Waals surface area contributed by atoms with Gasteiger partial charge in [-0.1, -0.05) is 51.8 Å². The van der Waals surface area contributed by atoms with E-state index in [1.165, 1.54) is 6.07 Å². The average molecular weight is 562 g/mol. The van der Waals surface area contributed by atoms with Crippen molar-refractivity contribution in [3.05, 3.63) is 63.4 Å². The Kier molecular flexibility index (Phi) is 7.73. The second kappa shape index (κ2) is 11.2. The molecular weight excluding hydrogens is 540 g/mol. The van der Waals surface area contributed by atoms with Crippen LogP contribution in [-0.2, 0) is 0 Å². The number of allylic oxidation sites excluding steroid dienone is 1. The first-order valence-corrected chi connectivity index (χ1v) is 13.4. The van der Waals surface area contributed by atoms with Gasteiger partial charge in [0.25, 0.3) is 5.19 Å². The number of hydrogen-bond acceptors (Lipinski definition) is 7. The molecule has 0 aliphatic heterocycles. The average Bonchev–Trinajstić information content (AvgIpc) is 3.49. The molecule has 7 nitrogen and oxygen atoms in total. The van der Waals surface area contributed by atoms with E-state index in [0.29, 0.717) is 43.7 Å². The molecule has 5 rings (SSSR count). The van der Waals surface area contributed by atoms with Crippen molar-refractivity contribution in [3.8, 4) is 16.5 Å². The van der Waals surface area contributed by atoms with Gasteiger partial charge in [-0.05, 0) is 44.6 Å². The van der Waals surface area contributed by atoms with Crippen molar-refractivity contribution in [2.24, 2.45) is 0 Å². The minimum absolute atomic E-state index is 0.108. The van der Waals surface area contributed by atoms with Crippen LogP contribution in [0.3, 0.4) is 0 Å². The molecule has 0 atom stereocenters. The maximum Gasteiger partial charge on any atom is 0.337 e. The molecule has 1 aromatic carbocycles. The lowest BCUT2D eigenvalue weighted by Gasteiger charge is -2.04. The lowest BCUT2D eigenvalue weighted by Crippen LogP contribution is -1.97. The number of thiazole rings is 1. The second-order valence-electron chi connectivity index (χ2n) is 8.75. The van der Waals surface area contributed by atoms with E-state index >= 15 is 0 Å². The Morgan fingerprint density at radius 2 is 2.00 bits per heavy atom. The number of nitrogens with zero attached hydrogens (tertiary/aromatic N) is 3. The fourth-order valence-electron chi connectivity index (χ4n) is 4.03. The third-order valence-electron chi connectivity index (χ3n) is 5.99. The quantitative estimate of drug-likeness (QED) is 0.185. The molecule has 3 aromatic heterocycles. The van der Waals surface area contributed by atoms with Crippen LogP contribution in [0.15, 0.2) is 35.1 Å². The molecule has 0 saturated heterocycles. The molecule has 1 N–H and O–H groups in total. The number of benzene rings is 1. The first kappa shape index (κ1) is 25.6. The standard InChI is InChI=1S/C26H22Cl2FN3O4S/c27-18-12-30-13-19(28)21(18)22-16(23(36-32-22)14-7-8-14)6-4-2-1-3-5-9-35-26-31-20-11-15(29)10-17(25(33)34)24(20)37-26/h4,6,10-14H,1-3,5,7-9H2,(H,33,34)/b6-4+. The van der Waals surface area contributed by atoms with Gasteiger partial charge in [0.1, 0.15) is 17.3 Å². The van der Waals surface area contributed by atoms with E-state index in [2.05, 4.69) is 21.2 Å². The van der Waals surface area contributed by atoms with Gasteiger partial charge < -0.3 is 14.4 Å². The molecule has 0 amide bonds. The van der Waals surface area contributed by atoms with Crippen molar-refractivity contribution in [2.75, 3.05) is 6.61 Å². The Balaban J connectivity index is 1.14. The van der Waals surface area contributed by atoms with Crippen LogP contribution in [0.25, 0.3) is 27.6 Å². The molecule has 4 aromatic rings. The van der Waals surface area contributed by atoms with Crippen LogP contribution in [-0.4, -0.2) is 32.8 Å². The Morgan fingerprint density at radius 1 is 1.22 bits per heavy atom. The van der Waals surface area contributed by atoms with Crippen LogP contribution in [0.4, 0.5) is 4.39 Å². The maximum atomic E-state index is 13.7. The Labute approximate surface area is 225 Å². The maximum absolute atomic E-state index is 13.7. The summed E-state index contributed by atoms with van der Waals surface area (Å²) in [6.45, 7) is 0.440. The highest BCUT2D eigenvalue weighted by atomic mass is 35.5. The molecule has 11 heteroatoms. The van der Waals surface area contributed by atoms with Gasteiger partial charge in [0.15, 0.2) is 0 Å². The molecule has 1 saturated carbocycles. The zero-order valence-electron chi connectivity index (χ0n) is 19.5. The number of pyridine rings is 1. The Bertz CT molecular complexity index is 1460. The summed E-state index contributed by atoms with van der Waals surface area (Å²) in [6.07, 6.45) is 12.9. The van der Waals surface area contributed by atoms with Gasteiger partial charge in [-0.3, -0.25) is 4.98 Å². The molecule has 0 unspecified atom stereocenters. The summed E-state index contributed by atoms with van der Waals surface area (Å²) < 4.78 is 25.4. The molecule has 37 heavy (non-hydrogen) atoms. The summed E-state index contributed by atoms with van der Waals surface area (Å²) in [5.41, 5.74) is 2.34. The molecular formula is C26H22Cl2FN3O4S. The summed E-state index contributed by atoms with van der Waals surface area (Å²) in [6, 6.07) is 2.21. The Hall–Kier alpha value is -3.01. The monoisotopic (exact) mass is 561 g/mol. The highest BCUT2D eigenvalue weighted by Crippen LogP contribution is 2.46. The van der Waals surface area contributed by atoms with Crippen molar-refractivity contribution in [2.45, 2.75) is 44.4 Å². The van der Waals surface area contributed by atoms with Gasteiger partial charge in [-0.25, -0.2) is 14.2 Å². The molecule has 0 bridgehead atoms. The van der Waals surface area contributed by atoms with Crippen LogP contribution in [0, 0.1) is 5.82 Å². The zero-order chi connectivity index (χ0) is 25.9. The van der Waals surface area contributed by atoms with Gasteiger partial charge in [0.05, 0.1) is 32.4 Å². The van der Waals surface area contributed by atoms with Gasteiger partial charge in [0.2, 0.25) is 0 Å². The number of aromatic nitrogens is 3. The van der Waals surface area contributed by atoms with Crippen molar-refractivity contribution >= 4 is 56.8 Å². The minimum atomic E-state index is -1.19. The smallest absolute Gasteiger partial charge is 0.337 e. The van der Waals surface area contributed by atoms with Crippen LogP contribution >= 0.6 is 34.5 Å². The first-order chi connectivity index (χ1) is 17.9. The van der Waals surface area contributed by atoms with Gasteiger partial charge >= 0.3 is 5.97 Å². The summed E-state index contributed by atoms with van der Waals surface area (Å²) in [5.74, 6) is -0.583. The SMILES string of the molecule is O=C(O)c1cc(F)cc2nc(OCCCCC/C=C/c3c(-c4c(Cl)cncc4Cl)noc3C3CC3)sc12. The highest BCUT2D eigenvalue weighted by Gasteiger charge is 2.32. The van der Waals surface area contributed by atoms with E-state index in [1.54, 1.807) is 12.4 Å². The summed E-state index contributed by atoms with van der Waals surface area (Å²) in [5, 5.41) is 14.7. The largest absolute Gasteiger partial charge is 0.478 e. The summed E-state index contributed by atoms with van der Waals surface area (Å²) in [7, 11) is 0. The number of carboxylic acids is 1. The van der Waals surface area contributed by atoms with E-state index in [1.807, 2.05) is 6.08 Å². The van der Waals surface area contributed by atoms with E-state index in [9.17, 15) is 14.3 Å². The zero-order valence-corrected chi connectivity index (χ0v) is 21.9. The molecule has 1 fully saturated rings. The first-order valence-electron chi connectivity index (χ1n) is 11.8. The van der Waals surface area contributed by atoms with Crippen molar-refractivity contribution in [1.82, 2.24) is 15.1 Å². The molecule has 1 aliphatic carbocycles. The van der Waals surface area contributed by atoms with Crippen LogP contribution in [0.1, 0.15) is 66.1 Å². The van der Waals surface area contributed by atoms with E-state index in [4.69, 9.17) is 32.5 Å². The number of ether oxygens (including phenoxy) is 1. The number of halogens is 3. The van der Waals surface area contributed by atoms with E-state index < -0.39 is 11.8 Å². The minimum Gasteiger partial charge on any atom is -0.478 e. The molecule has 0 spiro atoms. The fourth-order valence-corrected chi connectivity index (χ4v) is 5.50. The predicted molar refractivity (Wildman–Crippen MR) is 141 cm³/mol. The molecule has 192 valence electrons. The molecule has 1 aliphatic rings. The van der Waals surface area contributed by atoms with Gasteiger partial charge in [-0.15, -0.1) is 0 Å². The Morgan fingerprint density at radius 3 is 2.73 bits per heavy atom. The third-order valence-corrected chi connectivity index (χ3v) is 7.58. The van der Waals surface area contributed by atoms with Gasteiger partial charge in [0, 0.05) is 35.5 Å². The van der Waals surface area contributed by atoms with Crippen molar-refractivity contribution < 1.29 is 23.6 Å². The fraction of sp³-hybridized carbons (Fsp3) is 0.308. The number of carbonyl (C=O) groups is 1. The second-order valence-corrected chi connectivity index (χ2v) is 10.5. The van der Waals surface area contributed by atoms with E-state index in [-0.39, 0.29) is 11.1 Å². The third kappa shape index (κ3) is 5.79. The van der Waals surface area contributed by atoms with Gasteiger partial charge in [-0.2, -0.15) is 0 Å². The normalized spacial score (nSPS) is 13.6. The number of hydrogen-bond donors (Lipinski definition) is 1. The molecule has 0 radical (unpaired) electrons. The number of unbranched alkanes of at least 4 members (excludes halogenated alkanes) is 3. The molecule has 3 heterocycles. The number of carboxylic acid groups (broad SMARTS) is 1. The number of aromatic carboxylic acids is 1. The van der Waals surface area contributed by atoms with E-state index in [0.717, 1.165) is 67.3 Å². The highest BCUT2D eigenvalue weighted by molar-refractivity contribution is 7.20. The van der Waals surface area contributed by atoms with Crippen LogP contribution in [0.5, 0.6) is 5.19 Å². The topological polar surface area (TPSA) is 98.3 Å². The van der Waals surface area contributed by atoms with Crippen molar-refractivity contribution in [1.29, 1.82) is 0 Å². The van der Waals surface area contributed by atoms with Crippen LogP contribution in [0.2, 0.25) is 10.0 Å². The number of rotatable bonds is 11. The lowest BCUT2D eigenvalue weighted by molar-refractivity contribution is 0.0698. The predicted octanol–water partition coefficient (Wildman–Crippen LogP) is 8.02. The lowest BCUT2D eigenvalue weighted by atomic mass is 10.0. The van der Waals surface area contributed by atoms with Crippen molar-refractivity contribution in [3.63, 3.8) is 0 Å². The summed E-state index contributed by atoms with van der Waals surface area (Å²) in [4.78, 5) is 19.6. The van der Waals surface area contributed by atoms with Crippen LogP contribution < -0.4 is 4.74 Å².